The molecular weight excluding hydrogens is 290 g/mol. The standard InChI is InChI=1S/C14H18BrN3/c1-2-17-7-3-4-13(17)8-12-10-18-9-11(15)5-6-14(18)16-12/h5-6,9-10,13H,2-4,7-8H2,1H3. The van der Waals surface area contributed by atoms with Crippen molar-refractivity contribution in [2.75, 3.05) is 13.1 Å². The molecule has 1 fully saturated rings. The molecule has 1 aliphatic heterocycles. The molecule has 0 aromatic carbocycles. The Hall–Kier alpha value is -0.870. The van der Waals surface area contributed by atoms with Gasteiger partial charge in [-0.25, -0.2) is 4.98 Å². The Kier molecular flexibility index (Phi) is 3.39. The van der Waals surface area contributed by atoms with Crippen molar-refractivity contribution in [3.8, 4) is 0 Å². The molecule has 4 heteroatoms. The minimum atomic E-state index is 0.684. The minimum absolute atomic E-state index is 0.684. The van der Waals surface area contributed by atoms with Crippen molar-refractivity contribution in [3.63, 3.8) is 0 Å². The van der Waals surface area contributed by atoms with Crippen LogP contribution in [0, 0.1) is 0 Å². The van der Waals surface area contributed by atoms with Gasteiger partial charge in [-0.3, -0.25) is 0 Å². The van der Waals surface area contributed by atoms with Gasteiger partial charge in [0.25, 0.3) is 0 Å². The van der Waals surface area contributed by atoms with Crippen molar-refractivity contribution >= 4 is 21.6 Å². The highest BCUT2D eigenvalue weighted by atomic mass is 79.9. The topological polar surface area (TPSA) is 20.5 Å². The highest BCUT2D eigenvalue weighted by Gasteiger charge is 2.23. The molecule has 3 heterocycles. The highest BCUT2D eigenvalue weighted by Crippen LogP contribution is 2.21. The molecule has 0 amide bonds. The maximum atomic E-state index is 4.70. The van der Waals surface area contributed by atoms with Gasteiger partial charge in [-0.2, -0.15) is 0 Å². The van der Waals surface area contributed by atoms with Crippen LogP contribution in [-0.2, 0) is 6.42 Å². The van der Waals surface area contributed by atoms with Crippen LogP contribution >= 0.6 is 15.9 Å². The van der Waals surface area contributed by atoms with E-state index in [0.29, 0.717) is 6.04 Å². The van der Waals surface area contributed by atoms with Gasteiger partial charge in [0.05, 0.1) is 5.69 Å². The molecule has 1 unspecified atom stereocenters. The molecule has 3 nitrogen and oxygen atoms in total. The van der Waals surface area contributed by atoms with Crippen molar-refractivity contribution in [3.05, 3.63) is 34.7 Å². The molecule has 0 N–H and O–H groups in total. The Morgan fingerprint density at radius 2 is 2.28 bits per heavy atom. The molecule has 1 saturated heterocycles. The molecule has 3 rings (SSSR count). The second kappa shape index (κ2) is 5.02. The van der Waals surface area contributed by atoms with Crippen molar-refractivity contribution in [2.45, 2.75) is 32.2 Å². The summed E-state index contributed by atoms with van der Waals surface area (Å²) in [5, 5.41) is 0. The van der Waals surface area contributed by atoms with E-state index in [4.69, 9.17) is 4.98 Å². The fourth-order valence-corrected chi connectivity index (χ4v) is 3.25. The predicted molar refractivity (Wildman–Crippen MR) is 76.9 cm³/mol. The van der Waals surface area contributed by atoms with Crippen LogP contribution in [0.15, 0.2) is 29.0 Å². The number of fused-ring (bicyclic) bond motifs is 1. The van der Waals surface area contributed by atoms with E-state index in [1.165, 1.54) is 25.1 Å². The smallest absolute Gasteiger partial charge is 0.137 e. The number of halogens is 1. The van der Waals surface area contributed by atoms with Gasteiger partial charge in [0.15, 0.2) is 0 Å². The zero-order valence-corrected chi connectivity index (χ0v) is 12.2. The third-order valence-corrected chi connectivity index (χ3v) is 4.28. The Morgan fingerprint density at radius 3 is 3.11 bits per heavy atom. The van der Waals surface area contributed by atoms with Crippen LogP contribution in [0.3, 0.4) is 0 Å². The first kappa shape index (κ1) is 12.2. The normalized spacial score (nSPS) is 20.9. The Morgan fingerprint density at radius 1 is 1.39 bits per heavy atom. The Bertz CT molecular complexity index is 549. The zero-order valence-electron chi connectivity index (χ0n) is 10.6. The minimum Gasteiger partial charge on any atom is -0.306 e. The van der Waals surface area contributed by atoms with E-state index in [1.54, 1.807) is 0 Å². The average molecular weight is 308 g/mol. The first-order chi connectivity index (χ1) is 8.76. The maximum Gasteiger partial charge on any atom is 0.137 e. The van der Waals surface area contributed by atoms with E-state index in [1.807, 2.05) is 6.07 Å². The van der Waals surface area contributed by atoms with Crippen LogP contribution in [-0.4, -0.2) is 33.4 Å². The van der Waals surface area contributed by atoms with Gasteiger partial charge in [-0.15, -0.1) is 0 Å². The largest absolute Gasteiger partial charge is 0.306 e. The molecule has 0 aliphatic carbocycles. The second-order valence-corrected chi connectivity index (χ2v) is 5.89. The summed E-state index contributed by atoms with van der Waals surface area (Å²) in [6.07, 6.45) is 7.94. The molecule has 96 valence electrons. The third kappa shape index (κ3) is 2.31. The molecule has 1 atom stereocenters. The first-order valence-electron chi connectivity index (χ1n) is 6.63. The lowest BCUT2D eigenvalue weighted by Gasteiger charge is -2.21. The van der Waals surface area contributed by atoms with E-state index in [0.717, 1.165) is 23.1 Å². The molecule has 0 radical (unpaired) electrons. The van der Waals surface area contributed by atoms with Crippen molar-refractivity contribution < 1.29 is 0 Å². The molecule has 0 spiro atoms. The molecule has 1 aliphatic rings. The predicted octanol–water partition coefficient (Wildman–Crippen LogP) is 3.12. The number of rotatable bonds is 3. The quantitative estimate of drug-likeness (QED) is 0.868. The highest BCUT2D eigenvalue weighted by molar-refractivity contribution is 9.10. The van der Waals surface area contributed by atoms with Gasteiger partial charge in [-0.05, 0) is 54.0 Å². The molecule has 2 aromatic rings. The number of hydrogen-bond acceptors (Lipinski definition) is 2. The van der Waals surface area contributed by atoms with E-state index in [2.05, 4.69) is 50.6 Å². The number of likely N-dealkylation sites (tertiary alicyclic amines) is 1. The summed E-state index contributed by atoms with van der Waals surface area (Å²) in [5.41, 5.74) is 2.24. The fraction of sp³-hybridized carbons (Fsp3) is 0.500. The van der Waals surface area contributed by atoms with E-state index >= 15 is 0 Å². The number of aromatic nitrogens is 2. The van der Waals surface area contributed by atoms with E-state index < -0.39 is 0 Å². The summed E-state index contributed by atoms with van der Waals surface area (Å²) in [5.74, 6) is 0. The zero-order chi connectivity index (χ0) is 12.5. The summed E-state index contributed by atoms with van der Waals surface area (Å²) in [6.45, 7) is 4.66. The van der Waals surface area contributed by atoms with E-state index in [9.17, 15) is 0 Å². The summed E-state index contributed by atoms with van der Waals surface area (Å²) in [7, 11) is 0. The van der Waals surface area contributed by atoms with Crippen LogP contribution in [0.2, 0.25) is 0 Å². The number of likely N-dealkylation sites (N-methyl/N-ethyl adjacent to an activating group) is 1. The van der Waals surface area contributed by atoms with Crippen LogP contribution in [0.1, 0.15) is 25.5 Å². The van der Waals surface area contributed by atoms with Crippen molar-refractivity contribution in [1.82, 2.24) is 14.3 Å². The molecular formula is C14H18BrN3. The van der Waals surface area contributed by atoms with Crippen LogP contribution in [0.4, 0.5) is 0 Å². The monoisotopic (exact) mass is 307 g/mol. The van der Waals surface area contributed by atoms with Gasteiger partial charge in [0.1, 0.15) is 5.65 Å². The van der Waals surface area contributed by atoms with Crippen molar-refractivity contribution in [1.29, 1.82) is 0 Å². The van der Waals surface area contributed by atoms with Gasteiger partial charge >= 0.3 is 0 Å². The number of nitrogens with zero attached hydrogens (tertiary/aromatic N) is 3. The Balaban J connectivity index is 1.82. The molecule has 0 bridgehead atoms. The lowest BCUT2D eigenvalue weighted by molar-refractivity contribution is 0.265. The van der Waals surface area contributed by atoms with Gasteiger partial charge in [-0.1, -0.05) is 6.92 Å². The summed E-state index contributed by atoms with van der Waals surface area (Å²) in [4.78, 5) is 7.27. The van der Waals surface area contributed by atoms with Gasteiger partial charge in [0.2, 0.25) is 0 Å². The number of imidazole rings is 1. The maximum absolute atomic E-state index is 4.70. The third-order valence-electron chi connectivity index (χ3n) is 3.81. The summed E-state index contributed by atoms with van der Waals surface area (Å²) >= 11 is 3.49. The molecule has 2 aromatic heterocycles. The summed E-state index contributed by atoms with van der Waals surface area (Å²) in [6, 6.07) is 4.78. The second-order valence-electron chi connectivity index (χ2n) is 4.97. The van der Waals surface area contributed by atoms with Crippen LogP contribution < -0.4 is 0 Å². The van der Waals surface area contributed by atoms with Gasteiger partial charge in [0, 0.05) is 29.3 Å². The van der Waals surface area contributed by atoms with Crippen LogP contribution in [0.25, 0.3) is 5.65 Å². The average Bonchev–Trinajstić information content (AvgIpc) is 2.94. The lowest BCUT2D eigenvalue weighted by atomic mass is 10.1. The number of pyridine rings is 1. The number of hydrogen-bond donors (Lipinski definition) is 0. The summed E-state index contributed by atoms with van der Waals surface area (Å²) < 4.78 is 3.19. The SMILES string of the molecule is CCN1CCCC1Cc1cn2cc(Br)ccc2n1. The molecule has 0 saturated carbocycles. The molecule has 18 heavy (non-hydrogen) atoms. The lowest BCUT2D eigenvalue weighted by Crippen LogP contribution is -2.30. The Labute approximate surface area is 116 Å². The first-order valence-corrected chi connectivity index (χ1v) is 7.43. The van der Waals surface area contributed by atoms with Gasteiger partial charge < -0.3 is 9.30 Å². The van der Waals surface area contributed by atoms with E-state index in [-0.39, 0.29) is 0 Å². The fourth-order valence-electron chi connectivity index (χ4n) is 2.90. The van der Waals surface area contributed by atoms with Crippen molar-refractivity contribution in [2.24, 2.45) is 0 Å². The van der Waals surface area contributed by atoms with Crippen LogP contribution in [0.5, 0.6) is 0 Å².